The lowest BCUT2D eigenvalue weighted by Gasteiger charge is -2.70. The molecule has 6 nitrogen and oxygen atoms in total. The van der Waals surface area contributed by atoms with Crippen molar-refractivity contribution in [2.75, 3.05) is 19.7 Å². The van der Waals surface area contributed by atoms with Crippen molar-refractivity contribution < 1.29 is 9.90 Å². The number of aromatic nitrogens is 2. The van der Waals surface area contributed by atoms with Crippen LogP contribution in [0.3, 0.4) is 0 Å². The molecule has 5 rings (SSSR count). The van der Waals surface area contributed by atoms with Gasteiger partial charge in [0.15, 0.2) is 0 Å². The van der Waals surface area contributed by atoms with Crippen molar-refractivity contribution >= 4 is 5.91 Å². The molecule has 1 spiro atoms. The molecule has 6 heteroatoms. The first-order chi connectivity index (χ1) is 14.7. The van der Waals surface area contributed by atoms with Gasteiger partial charge in [-0.3, -0.25) is 19.7 Å². The summed E-state index contributed by atoms with van der Waals surface area (Å²) in [5, 5.41) is 10.2. The normalized spacial score (nSPS) is 22.4. The van der Waals surface area contributed by atoms with Gasteiger partial charge < -0.3 is 10.0 Å². The van der Waals surface area contributed by atoms with Crippen LogP contribution < -0.4 is 0 Å². The molecule has 1 amide bonds. The molecule has 30 heavy (non-hydrogen) atoms. The first kappa shape index (κ1) is 18.9. The van der Waals surface area contributed by atoms with E-state index in [1.165, 1.54) is 5.56 Å². The highest BCUT2D eigenvalue weighted by Gasteiger charge is 2.66. The van der Waals surface area contributed by atoms with E-state index in [4.69, 9.17) is 0 Å². The third-order valence-corrected chi connectivity index (χ3v) is 6.48. The van der Waals surface area contributed by atoms with Crippen LogP contribution in [0.1, 0.15) is 27.4 Å². The molecule has 2 fully saturated rings. The Balaban J connectivity index is 1.43. The molecule has 0 saturated carbocycles. The molecule has 0 radical (unpaired) electrons. The van der Waals surface area contributed by atoms with Gasteiger partial charge in [-0.25, -0.2) is 0 Å². The van der Waals surface area contributed by atoms with Crippen LogP contribution in [0.4, 0.5) is 0 Å². The Labute approximate surface area is 175 Å². The lowest BCUT2D eigenvalue weighted by Crippen LogP contribution is -2.84. The fraction of sp³-hybridized carbons (Fsp3) is 0.292. The fourth-order valence-electron chi connectivity index (χ4n) is 5.13. The Hall–Kier alpha value is -3.09. The lowest BCUT2D eigenvalue weighted by atomic mass is 9.60. The predicted molar refractivity (Wildman–Crippen MR) is 113 cm³/mol. The molecule has 2 aliphatic heterocycles. The first-order valence-electron chi connectivity index (χ1n) is 10.2. The first-order valence-corrected chi connectivity index (χ1v) is 10.2. The van der Waals surface area contributed by atoms with Gasteiger partial charge in [-0.1, -0.05) is 36.4 Å². The van der Waals surface area contributed by atoms with E-state index in [-0.39, 0.29) is 30.0 Å². The maximum absolute atomic E-state index is 12.9. The Morgan fingerprint density at radius 3 is 2.37 bits per heavy atom. The van der Waals surface area contributed by atoms with Crippen molar-refractivity contribution in [3.8, 4) is 0 Å². The van der Waals surface area contributed by atoms with E-state index in [0.717, 1.165) is 5.56 Å². The van der Waals surface area contributed by atoms with Gasteiger partial charge in [-0.05, 0) is 29.3 Å². The van der Waals surface area contributed by atoms with Crippen molar-refractivity contribution in [2.24, 2.45) is 0 Å². The zero-order chi connectivity index (χ0) is 20.6. The Kier molecular flexibility index (Phi) is 4.81. The predicted octanol–water partition coefficient (Wildman–Crippen LogP) is 2.33. The van der Waals surface area contributed by atoms with E-state index in [0.29, 0.717) is 25.2 Å². The number of benzene rings is 1. The van der Waals surface area contributed by atoms with Crippen molar-refractivity contribution in [2.45, 2.75) is 24.0 Å². The number of hydrogen-bond acceptors (Lipinski definition) is 5. The summed E-state index contributed by atoms with van der Waals surface area (Å²) in [6, 6.07) is 17.9. The highest BCUT2D eigenvalue weighted by Crippen LogP contribution is 2.54. The third kappa shape index (κ3) is 3.00. The van der Waals surface area contributed by atoms with Crippen LogP contribution >= 0.6 is 0 Å². The molecule has 1 aromatic carbocycles. The van der Waals surface area contributed by atoms with E-state index >= 15 is 0 Å². The average molecular weight is 400 g/mol. The lowest BCUT2D eigenvalue weighted by molar-refractivity contribution is -0.184. The van der Waals surface area contributed by atoms with Gasteiger partial charge in [-0.2, -0.15) is 0 Å². The molecule has 2 aliphatic rings. The van der Waals surface area contributed by atoms with Crippen LogP contribution in [0.5, 0.6) is 0 Å². The van der Waals surface area contributed by atoms with Crippen LogP contribution in [0.15, 0.2) is 79.4 Å². The summed E-state index contributed by atoms with van der Waals surface area (Å²) < 4.78 is 0. The molecule has 1 N–H and O–H groups in total. The summed E-state index contributed by atoms with van der Waals surface area (Å²) in [4.78, 5) is 25.5. The number of rotatable bonds is 5. The molecule has 152 valence electrons. The van der Waals surface area contributed by atoms with E-state index in [1.54, 1.807) is 30.7 Å². The molecule has 0 unspecified atom stereocenters. The van der Waals surface area contributed by atoms with E-state index in [1.807, 2.05) is 35.4 Å². The van der Waals surface area contributed by atoms with Gasteiger partial charge in [-0.15, -0.1) is 0 Å². The summed E-state index contributed by atoms with van der Waals surface area (Å²) >= 11 is 0. The maximum Gasteiger partial charge on any atom is 0.255 e. The van der Waals surface area contributed by atoms with Crippen LogP contribution in [0, 0.1) is 0 Å². The second-order valence-corrected chi connectivity index (χ2v) is 8.13. The molecule has 2 atom stereocenters. The molecule has 2 saturated heterocycles. The summed E-state index contributed by atoms with van der Waals surface area (Å²) in [6.07, 6.45) is 6.93. The Morgan fingerprint density at radius 2 is 1.73 bits per heavy atom. The number of likely N-dealkylation sites (tertiary alicyclic amines) is 2. The zero-order valence-corrected chi connectivity index (χ0v) is 16.6. The number of pyridine rings is 2. The SMILES string of the molecule is O=C(c1cccnc1)N1CC2(C1)[C@@H](c1ccccc1)[C@H](CO)N2Cc1cccnc1. The number of carbonyl (C=O) groups excluding carboxylic acids is 1. The molecular formula is C24H24N4O2. The number of nitrogens with zero attached hydrogens (tertiary/aromatic N) is 4. The topological polar surface area (TPSA) is 69.6 Å². The summed E-state index contributed by atoms with van der Waals surface area (Å²) in [5.41, 5.74) is 2.76. The number of aliphatic hydroxyl groups is 1. The summed E-state index contributed by atoms with van der Waals surface area (Å²) in [7, 11) is 0. The smallest absolute Gasteiger partial charge is 0.255 e. The molecule has 0 bridgehead atoms. The van der Waals surface area contributed by atoms with E-state index < -0.39 is 0 Å². The van der Waals surface area contributed by atoms with Gasteiger partial charge in [0, 0.05) is 56.4 Å². The quantitative estimate of drug-likeness (QED) is 0.712. The monoisotopic (exact) mass is 400 g/mol. The standard InChI is InChI=1S/C24H24N4O2/c29-15-21-22(19-7-2-1-3-8-19)24(28(21)14-18-6-4-10-25-12-18)16-27(17-24)23(30)20-9-5-11-26-13-20/h1-13,21-22,29H,14-17H2/t21-,22-/m0/s1. The third-order valence-electron chi connectivity index (χ3n) is 6.48. The van der Waals surface area contributed by atoms with Gasteiger partial charge >= 0.3 is 0 Å². The summed E-state index contributed by atoms with van der Waals surface area (Å²) in [5.74, 6) is 0.188. The van der Waals surface area contributed by atoms with Gasteiger partial charge in [0.05, 0.1) is 17.7 Å². The van der Waals surface area contributed by atoms with Gasteiger partial charge in [0.2, 0.25) is 0 Å². The molecule has 2 aromatic heterocycles. The highest BCUT2D eigenvalue weighted by molar-refractivity contribution is 5.94. The van der Waals surface area contributed by atoms with E-state index in [2.05, 4.69) is 33.1 Å². The number of aliphatic hydroxyl groups excluding tert-OH is 1. The number of hydrogen-bond donors (Lipinski definition) is 1. The largest absolute Gasteiger partial charge is 0.395 e. The van der Waals surface area contributed by atoms with Crippen molar-refractivity contribution in [3.63, 3.8) is 0 Å². The van der Waals surface area contributed by atoms with Gasteiger partial charge in [0.1, 0.15) is 0 Å². The van der Waals surface area contributed by atoms with Crippen LogP contribution in [0.25, 0.3) is 0 Å². The fourth-order valence-corrected chi connectivity index (χ4v) is 5.13. The minimum absolute atomic E-state index is 0.00862. The second-order valence-electron chi connectivity index (χ2n) is 8.13. The van der Waals surface area contributed by atoms with E-state index in [9.17, 15) is 9.90 Å². The highest BCUT2D eigenvalue weighted by atomic mass is 16.3. The Bertz CT molecular complexity index is 1010. The van der Waals surface area contributed by atoms with Crippen molar-refractivity contribution in [1.29, 1.82) is 0 Å². The number of carbonyl (C=O) groups is 1. The zero-order valence-electron chi connectivity index (χ0n) is 16.6. The van der Waals surface area contributed by atoms with Crippen LogP contribution in [-0.4, -0.2) is 62.1 Å². The van der Waals surface area contributed by atoms with Gasteiger partial charge in [0.25, 0.3) is 5.91 Å². The van der Waals surface area contributed by atoms with Crippen LogP contribution in [-0.2, 0) is 6.54 Å². The molecule has 4 heterocycles. The second kappa shape index (κ2) is 7.63. The molecule has 3 aromatic rings. The van der Waals surface area contributed by atoms with Crippen molar-refractivity contribution in [3.05, 3.63) is 96.1 Å². The minimum atomic E-state index is -0.178. The maximum atomic E-state index is 12.9. The average Bonchev–Trinajstić information content (AvgIpc) is 2.77. The Morgan fingerprint density at radius 1 is 1.00 bits per heavy atom. The number of amides is 1. The molecule has 0 aliphatic carbocycles. The molecular weight excluding hydrogens is 376 g/mol. The van der Waals surface area contributed by atoms with Crippen LogP contribution in [0.2, 0.25) is 0 Å². The van der Waals surface area contributed by atoms with Crippen molar-refractivity contribution in [1.82, 2.24) is 19.8 Å². The minimum Gasteiger partial charge on any atom is -0.395 e. The summed E-state index contributed by atoms with van der Waals surface area (Å²) in [6.45, 7) is 2.06.